The third-order valence-corrected chi connectivity index (χ3v) is 5.67. The van der Waals surface area contributed by atoms with Crippen LogP contribution in [0.3, 0.4) is 0 Å². The summed E-state index contributed by atoms with van der Waals surface area (Å²) in [6, 6.07) is 8.09. The van der Waals surface area contributed by atoms with Gasteiger partial charge in [-0.1, -0.05) is 25.1 Å². The van der Waals surface area contributed by atoms with E-state index < -0.39 is 0 Å². The molecule has 5 nitrogen and oxygen atoms in total. The second-order valence-electron chi connectivity index (χ2n) is 7.91. The summed E-state index contributed by atoms with van der Waals surface area (Å²) >= 11 is 0. The number of nitrogens with zero attached hydrogens (tertiary/aromatic N) is 1. The molecule has 0 aliphatic carbocycles. The number of ether oxygens (including phenoxy) is 1. The third kappa shape index (κ3) is 4.15. The molecule has 0 aromatic heterocycles. The number of aliphatic hydroxyl groups excluding tert-OH is 1. The number of anilines is 1. The molecule has 2 aliphatic heterocycles. The lowest BCUT2D eigenvalue weighted by Gasteiger charge is -2.37. The predicted molar refractivity (Wildman–Crippen MR) is 98.5 cm³/mol. The number of amides is 2. The van der Waals surface area contributed by atoms with Gasteiger partial charge in [0.05, 0.1) is 18.3 Å². The van der Waals surface area contributed by atoms with Gasteiger partial charge in [-0.25, -0.2) is 4.79 Å². The van der Waals surface area contributed by atoms with Crippen LogP contribution in [0, 0.1) is 0 Å². The number of nitrogens with one attached hydrogen (secondary N) is 1. The molecule has 0 saturated carbocycles. The molecule has 2 fully saturated rings. The summed E-state index contributed by atoms with van der Waals surface area (Å²) < 4.78 is 6.00. The van der Waals surface area contributed by atoms with Crippen molar-refractivity contribution in [3.8, 4) is 0 Å². The van der Waals surface area contributed by atoms with Crippen LogP contribution in [0.25, 0.3) is 0 Å². The molecule has 2 aliphatic rings. The summed E-state index contributed by atoms with van der Waals surface area (Å²) in [6.07, 6.45) is 4.04. The Balaban J connectivity index is 1.68. The molecule has 2 amide bonds. The average molecular weight is 346 g/mol. The quantitative estimate of drug-likeness (QED) is 0.850. The molecule has 1 aromatic carbocycles. The van der Waals surface area contributed by atoms with Crippen LogP contribution >= 0.6 is 0 Å². The zero-order chi connectivity index (χ0) is 18.0. The summed E-state index contributed by atoms with van der Waals surface area (Å²) in [6.45, 7) is 6.73. The Kier molecular flexibility index (Phi) is 5.35. The second-order valence-corrected chi connectivity index (χ2v) is 7.91. The topological polar surface area (TPSA) is 61.8 Å². The summed E-state index contributed by atoms with van der Waals surface area (Å²) in [5.74, 6) is 0. The first-order valence-corrected chi connectivity index (χ1v) is 9.39. The number of fused-ring (bicyclic) bond motifs is 2. The molecule has 2 saturated heterocycles. The van der Waals surface area contributed by atoms with E-state index in [-0.39, 0.29) is 29.8 Å². The van der Waals surface area contributed by atoms with Gasteiger partial charge in [0.15, 0.2) is 0 Å². The Bertz CT molecular complexity index is 603. The molecule has 25 heavy (non-hydrogen) atoms. The maximum absolute atomic E-state index is 12.8. The van der Waals surface area contributed by atoms with Crippen molar-refractivity contribution in [2.24, 2.45) is 0 Å². The first kappa shape index (κ1) is 18.2. The van der Waals surface area contributed by atoms with Gasteiger partial charge in [-0.2, -0.15) is 0 Å². The van der Waals surface area contributed by atoms with E-state index in [4.69, 9.17) is 4.74 Å². The molecule has 3 rings (SSSR count). The fourth-order valence-corrected chi connectivity index (χ4v) is 3.80. The van der Waals surface area contributed by atoms with Crippen molar-refractivity contribution in [1.82, 2.24) is 4.90 Å². The summed E-state index contributed by atoms with van der Waals surface area (Å²) in [4.78, 5) is 14.8. The van der Waals surface area contributed by atoms with Gasteiger partial charge < -0.3 is 20.1 Å². The lowest BCUT2D eigenvalue weighted by molar-refractivity contribution is -0.0313. The van der Waals surface area contributed by atoms with E-state index in [9.17, 15) is 9.90 Å². The van der Waals surface area contributed by atoms with Gasteiger partial charge >= 0.3 is 6.03 Å². The zero-order valence-corrected chi connectivity index (χ0v) is 15.5. The van der Waals surface area contributed by atoms with E-state index in [1.807, 2.05) is 29.2 Å². The largest absolute Gasteiger partial charge is 0.393 e. The van der Waals surface area contributed by atoms with E-state index in [0.717, 1.165) is 30.5 Å². The summed E-state index contributed by atoms with van der Waals surface area (Å²) in [7, 11) is 0. The highest BCUT2D eigenvalue weighted by molar-refractivity contribution is 5.90. The number of carbonyl (C=O) groups excluding carboxylic acids is 1. The molecule has 0 unspecified atom stereocenters. The Labute approximate surface area is 150 Å². The number of hydrogen-bond acceptors (Lipinski definition) is 3. The molecule has 5 heteroatoms. The Morgan fingerprint density at radius 1 is 1.28 bits per heavy atom. The molecule has 0 radical (unpaired) electrons. The minimum Gasteiger partial charge on any atom is -0.393 e. The zero-order valence-electron chi connectivity index (χ0n) is 15.5. The molecule has 2 bridgehead atoms. The molecule has 2 atom stereocenters. The van der Waals surface area contributed by atoms with Crippen LogP contribution in [0.15, 0.2) is 24.3 Å². The van der Waals surface area contributed by atoms with Gasteiger partial charge in [-0.15, -0.1) is 0 Å². The fourth-order valence-electron chi connectivity index (χ4n) is 3.80. The number of rotatable bonds is 5. The molecule has 1 aromatic rings. The Morgan fingerprint density at radius 3 is 2.56 bits per heavy atom. The Morgan fingerprint density at radius 2 is 1.92 bits per heavy atom. The average Bonchev–Trinajstić information content (AvgIpc) is 2.86. The van der Waals surface area contributed by atoms with Gasteiger partial charge in [0.2, 0.25) is 0 Å². The first-order valence-electron chi connectivity index (χ1n) is 9.39. The number of hydrogen-bond donors (Lipinski definition) is 2. The van der Waals surface area contributed by atoms with Gasteiger partial charge in [-0.3, -0.25) is 0 Å². The van der Waals surface area contributed by atoms with Crippen molar-refractivity contribution in [3.05, 3.63) is 29.8 Å². The van der Waals surface area contributed by atoms with Gasteiger partial charge in [0.25, 0.3) is 0 Å². The van der Waals surface area contributed by atoms with Crippen molar-refractivity contribution in [3.63, 3.8) is 0 Å². The standard InChI is InChI=1S/C20H30N2O3/c1-4-20(2,3)25-13-14-7-5-6-8-18(14)21-19(24)22-15-9-10-16(22)12-17(23)11-15/h5-8,15-17,23H,4,9-13H2,1-3H3,(H,21,24)/t15-,16-/m0/s1. The molecule has 0 spiro atoms. The highest BCUT2D eigenvalue weighted by Crippen LogP contribution is 2.36. The number of aliphatic hydroxyl groups is 1. The van der Waals surface area contributed by atoms with E-state index >= 15 is 0 Å². The second kappa shape index (κ2) is 7.34. The van der Waals surface area contributed by atoms with Crippen LogP contribution < -0.4 is 5.32 Å². The fraction of sp³-hybridized carbons (Fsp3) is 0.650. The van der Waals surface area contributed by atoms with Crippen molar-refractivity contribution in [2.45, 2.75) is 83.3 Å². The number of urea groups is 1. The lowest BCUT2D eigenvalue weighted by Crippen LogP contribution is -2.49. The lowest BCUT2D eigenvalue weighted by atomic mass is 10.0. The number of carbonyl (C=O) groups is 1. The van der Waals surface area contributed by atoms with Gasteiger partial charge in [-0.05, 0) is 52.0 Å². The monoisotopic (exact) mass is 346 g/mol. The summed E-state index contributed by atoms with van der Waals surface area (Å²) in [5, 5.41) is 13.0. The molecule has 2 heterocycles. The number of benzene rings is 1. The SMILES string of the molecule is CCC(C)(C)OCc1ccccc1NC(=O)N1[C@H]2CC[C@H]1CC(O)C2. The first-order chi connectivity index (χ1) is 11.9. The van der Waals surface area contributed by atoms with Crippen molar-refractivity contribution in [1.29, 1.82) is 0 Å². The van der Waals surface area contributed by atoms with E-state index in [2.05, 4.69) is 26.1 Å². The van der Waals surface area contributed by atoms with Crippen molar-refractivity contribution < 1.29 is 14.6 Å². The van der Waals surface area contributed by atoms with Crippen LogP contribution in [0.4, 0.5) is 10.5 Å². The van der Waals surface area contributed by atoms with Crippen molar-refractivity contribution >= 4 is 11.7 Å². The highest BCUT2D eigenvalue weighted by atomic mass is 16.5. The smallest absolute Gasteiger partial charge is 0.322 e. The van der Waals surface area contributed by atoms with Crippen molar-refractivity contribution in [2.75, 3.05) is 5.32 Å². The minimum atomic E-state index is -0.265. The van der Waals surface area contributed by atoms with E-state index in [1.165, 1.54) is 0 Å². The molecule has 138 valence electrons. The third-order valence-electron chi connectivity index (χ3n) is 5.67. The summed E-state index contributed by atoms with van der Waals surface area (Å²) in [5.41, 5.74) is 1.62. The van der Waals surface area contributed by atoms with Crippen LogP contribution in [0.1, 0.15) is 58.4 Å². The van der Waals surface area contributed by atoms with Crippen LogP contribution in [0.5, 0.6) is 0 Å². The number of piperidine rings is 1. The molecule has 2 N–H and O–H groups in total. The van der Waals surface area contributed by atoms with E-state index in [1.54, 1.807) is 0 Å². The maximum Gasteiger partial charge on any atom is 0.322 e. The van der Waals surface area contributed by atoms with Crippen LogP contribution in [0.2, 0.25) is 0 Å². The van der Waals surface area contributed by atoms with Crippen LogP contribution in [-0.2, 0) is 11.3 Å². The van der Waals surface area contributed by atoms with Gasteiger partial charge in [0.1, 0.15) is 0 Å². The normalized spacial score (nSPS) is 25.9. The Hall–Kier alpha value is -1.59. The molecular formula is C20H30N2O3. The minimum absolute atomic E-state index is 0.0541. The predicted octanol–water partition coefficient (Wildman–Crippen LogP) is 3.91. The van der Waals surface area contributed by atoms with Crippen LogP contribution in [-0.4, -0.2) is 39.8 Å². The van der Waals surface area contributed by atoms with Gasteiger partial charge in [0, 0.05) is 23.3 Å². The van der Waals surface area contributed by atoms with E-state index in [0.29, 0.717) is 19.4 Å². The molecular weight excluding hydrogens is 316 g/mol. The number of para-hydroxylation sites is 1. The maximum atomic E-state index is 12.8. The highest BCUT2D eigenvalue weighted by Gasteiger charge is 2.42.